The number of ether oxygens (including phenoxy) is 1. The van der Waals surface area contributed by atoms with E-state index in [1.54, 1.807) is 0 Å². The van der Waals surface area contributed by atoms with Gasteiger partial charge in [0.1, 0.15) is 5.78 Å². The van der Waals surface area contributed by atoms with Gasteiger partial charge in [-0.25, -0.2) is 0 Å². The van der Waals surface area contributed by atoms with Crippen molar-refractivity contribution < 1.29 is 9.53 Å². The van der Waals surface area contributed by atoms with E-state index in [2.05, 4.69) is 11.9 Å². The number of rotatable bonds is 7. The highest BCUT2D eigenvalue weighted by Crippen LogP contribution is 2.28. The van der Waals surface area contributed by atoms with Gasteiger partial charge >= 0.3 is 0 Å². The van der Waals surface area contributed by atoms with Crippen LogP contribution in [-0.4, -0.2) is 44.0 Å². The first-order chi connectivity index (χ1) is 8.75. The predicted octanol–water partition coefficient (Wildman–Crippen LogP) is 2.49. The second-order valence-electron chi connectivity index (χ2n) is 6.04. The fourth-order valence-corrected chi connectivity index (χ4v) is 2.65. The van der Waals surface area contributed by atoms with Crippen LogP contribution in [0.3, 0.4) is 0 Å². The third kappa shape index (κ3) is 5.07. The summed E-state index contributed by atoms with van der Waals surface area (Å²) < 4.78 is 5.64. The summed E-state index contributed by atoms with van der Waals surface area (Å²) in [6.45, 7) is 3.63. The van der Waals surface area contributed by atoms with Crippen molar-refractivity contribution >= 4 is 5.78 Å². The van der Waals surface area contributed by atoms with Gasteiger partial charge in [0.05, 0.1) is 6.61 Å². The average molecular weight is 253 g/mol. The third-order valence-corrected chi connectivity index (χ3v) is 4.13. The van der Waals surface area contributed by atoms with Crippen LogP contribution in [0.25, 0.3) is 0 Å². The first-order valence-corrected chi connectivity index (χ1v) is 7.54. The van der Waals surface area contributed by atoms with E-state index in [-0.39, 0.29) is 5.92 Å². The Labute approximate surface area is 111 Å². The van der Waals surface area contributed by atoms with E-state index in [1.165, 1.54) is 25.7 Å². The first-order valence-electron chi connectivity index (χ1n) is 7.54. The van der Waals surface area contributed by atoms with E-state index >= 15 is 0 Å². The Bertz CT molecular complexity index is 263. The zero-order valence-corrected chi connectivity index (χ0v) is 11.7. The van der Waals surface area contributed by atoms with Crippen molar-refractivity contribution in [2.24, 2.45) is 11.8 Å². The standard InChI is InChI=1S/C15H27NO2/c1-16(9-10-18-12-13-7-8-13)11-14-5-3-2-4-6-15(14)17/h13-14H,2-12H2,1H3. The van der Waals surface area contributed by atoms with Crippen LogP contribution in [0.1, 0.15) is 44.9 Å². The SMILES string of the molecule is CN(CCOCC1CC1)CC1CCCCCC1=O. The summed E-state index contributed by atoms with van der Waals surface area (Å²) in [5.74, 6) is 1.61. The summed E-state index contributed by atoms with van der Waals surface area (Å²) in [6, 6.07) is 0. The van der Waals surface area contributed by atoms with Crippen LogP contribution < -0.4 is 0 Å². The van der Waals surface area contributed by atoms with E-state index in [9.17, 15) is 4.79 Å². The molecule has 0 amide bonds. The first kappa shape index (κ1) is 14.0. The monoisotopic (exact) mass is 253 g/mol. The van der Waals surface area contributed by atoms with Crippen LogP contribution in [0.4, 0.5) is 0 Å². The molecular weight excluding hydrogens is 226 g/mol. The number of Topliss-reactive ketones (excluding diaryl/α,β-unsaturated/α-hetero) is 1. The minimum atomic E-state index is 0.279. The maximum absolute atomic E-state index is 11.9. The number of hydrogen-bond donors (Lipinski definition) is 0. The lowest BCUT2D eigenvalue weighted by Gasteiger charge is -2.22. The molecule has 2 aliphatic rings. The summed E-state index contributed by atoms with van der Waals surface area (Å²) in [5, 5.41) is 0. The Morgan fingerprint density at radius 3 is 2.83 bits per heavy atom. The molecule has 0 aromatic rings. The smallest absolute Gasteiger partial charge is 0.137 e. The normalized spacial score (nSPS) is 25.4. The van der Waals surface area contributed by atoms with Gasteiger partial charge in [-0.1, -0.05) is 12.8 Å². The topological polar surface area (TPSA) is 29.5 Å². The minimum absolute atomic E-state index is 0.279. The molecule has 0 spiro atoms. The predicted molar refractivity (Wildman–Crippen MR) is 72.6 cm³/mol. The van der Waals surface area contributed by atoms with Gasteiger partial charge in [-0.15, -0.1) is 0 Å². The molecular formula is C15H27NO2. The minimum Gasteiger partial charge on any atom is -0.380 e. The van der Waals surface area contributed by atoms with Gasteiger partial charge in [0.25, 0.3) is 0 Å². The number of carbonyl (C=O) groups excluding carboxylic acids is 1. The van der Waals surface area contributed by atoms with Crippen molar-refractivity contribution in [1.82, 2.24) is 4.90 Å². The maximum Gasteiger partial charge on any atom is 0.137 e. The Morgan fingerprint density at radius 1 is 1.22 bits per heavy atom. The molecule has 0 radical (unpaired) electrons. The van der Waals surface area contributed by atoms with Crippen LogP contribution in [0.15, 0.2) is 0 Å². The van der Waals surface area contributed by atoms with Gasteiger partial charge in [0.2, 0.25) is 0 Å². The highest BCUT2D eigenvalue weighted by Gasteiger charge is 2.23. The van der Waals surface area contributed by atoms with Crippen molar-refractivity contribution in [3.8, 4) is 0 Å². The Balaban J connectivity index is 1.58. The molecule has 0 saturated heterocycles. The Kier molecular flexibility index (Phi) is 5.64. The van der Waals surface area contributed by atoms with Crippen molar-refractivity contribution in [2.45, 2.75) is 44.9 Å². The molecule has 2 rings (SSSR count). The van der Waals surface area contributed by atoms with E-state index in [0.29, 0.717) is 5.78 Å². The molecule has 2 aliphatic carbocycles. The molecule has 0 heterocycles. The Morgan fingerprint density at radius 2 is 2.06 bits per heavy atom. The van der Waals surface area contributed by atoms with Crippen molar-refractivity contribution in [2.75, 3.05) is 33.4 Å². The molecule has 0 aromatic carbocycles. The molecule has 2 fully saturated rings. The van der Waals surface area contributed by atoms with Gasteiger partial charge in [-0.3, -0.25) is 4.79 Å². The Hall–Kier alpha value is -0.410. The molecule has 18 heavy (non-hydrogen) atoms. The molecule has 104 valence electrons. The van der Waals surface area contributed by atoms with Crippen molar-refractivity contribution in [3.63, 3.8) is 0 Å². The fraction of sp³-hybridized carbons (Fsp3) is 0.933. The van der Waals surface area contributed by atoms with Crippen LogP contribution in [0.2, 0.25) is 0 Å². The zero-order chi connectivity index (χ0) is 12.8. The maximum atomic E-state index is 11.9. The fourth-order valence-electron chi connectivity index (χ4n) is 2.65. The quantitative estimate of drug-likeness (QED) is 0.516. The number of nitrogens with zero attached hydrogens (tertiary/aromatic N) is 1. The number of carbonyl (C=O) groups is 1. The summed E-state index contributed by atoms with van der Waals surface area (Å²) in [6.07, 6.45) is 8.16. The zero-order valence-electron chi connectivity index (χ0n) is 11.7. The molecule has 0 bridgehead atoms. The van der Waals surface area contributed by atoms with Gasteiger partial charge in [0, 0.05) is 32.0 Å². The van der Waals surface area contributed by atoms with Crippen LogP contribution in [0, 0.1) is 11.8 Å². The molecule has 2 saturated carbocycles. The third-order valence-electron chi connectivity index (χ3n) is 4.13. The lowest BCUT2D eigenvalue weighted by atomic mass is 9.98. The summed E-state index contributed by atoms with van der Waals surface area (Å²) in [4.78, 5) is 14.2. The van der Waals surface area contributed by atoms with E-state index in [4.69, 9.17) is 4.74 Å². The summed E-state index contributed by atoms with van der Waals surface area (Å²) in [7, 11) is 2.11. The van der Waals surface area contributed by atoms with E-state index < -0.39 is 0 Å². The van der Waals surface area contributed by atoms with Gasteiger partial charge < -0.3 is 9.64 Å². The average Bonchev–Trinajstić information content (AvgIpc) is 3.16. The lowest BCUT2D eigenvalue weighted by Crippen LogP contribution is -2.32. The van der Waals surface area contributed by atoms with E-state index in [1.807, 2.05) is 0 Å². The molecule has 1 unspecified atom stereocenters. The van der Waals surface area contributed by atoms with Crippen molar-refractivity contribution in [3.05, 3.63) is 0 Å². The highest BCUT2D eigenvalue weighted by atomic mass is 16.5. The molecule has 0 aliphatic heterocycles. The number of likely N-dealkylation sites (N-methyl/N-ethyl adjacent to an activating group) is 1. The summed E-state index contributed by atoms with van der Waals surface area (Å²) in [5.41, 5.74) is 0. The van der Waals surface area contributed by atoms with E-state index in [0.717, 1.165) is 51.5 Å². The molecule has 0 N–H and O–H groups in total. The largest absolute Gasteiger partial charge is 0.380 e. The van der Waals surface area contributed by atoms with Crippen LogP contribution in [0.5, 0.6) is 0 Å². The second-order valence-corrected chi connectivity index (χ2v) is 6.04. The summed E-state index contributed by atoms with van der Waals surface area (Å²) >= 11 is 0. The van der Waals surface area contributed by atoms with Crippen LogP contribution in [-0.2, 0) is 9.53 Å². The highest BCUT2D eigenvalue weighted by molar-refractivity contribution is 5.81. The van der Waals surface area contributed by atoms with Gasteiger partial charge in [0.15, 0.2) is 0 Å². The molecule has 1 atom stereocenters. The number of ketones is 1. The lowest BCUT2D eigenvalue weighted by molar-refractivity contribution is -0.123. The number of hydrogen-bond acceptors (Lipinski definition) is 3. The van der Waals surface area contributed by atoms with Crippen LogP contribution >= 0.6 is 0 Å². The van der Waals surface area contributed by atoms with Crippen molar-refractivity contribution in [1.29, 1.82) is 0 Å². The second kappa shape index (κ2) is 7.25. The van der Waals surface area contributed by atoms with Gasteiger partial charge in [-0.2, -0.15) is 0 Å². The molecule has 0 aromatic heterocycles. The molecule has 3 nitrogen and oxygen atoms in total. The molecule has 3 heteroatoms. The van der Waals surface area contributed by atoms with Gasteiger partial charge in [-0.05, 0) is 38.6 Å².